The molecule has 1 saturated carbocycles. The SMILES string of the molecule is CCCCCCOC(=O)C1CCCCC1C(=O)OC(C)C. The van der Waals surface area contributed by atoms with Crippen LogP contribution in [0.15, 0.2) is 0 Å². The number of esters is 2. The number of rotatable bonds is 8. The molecule has 0 amide bonds. The van der Waals surface area contributed by atoms with E-state index in [0.717, 1.165) is 38.5 Å². The van der Waals surface area contributed by atoms with Crippen LogP contribution in [-0.2, 0) is 19.1 Å². The van der Waals surface area contributed by atoms with Gasteiger partial charge in [0.25, 0.3) is 0 Å². The first-order chi connectivity index (χ1) is 10.1. The largest absolute Gasteiger partial charge is 0.465 e. The Bertz CT molecular complexity index is 325. The van der Waals surface area contributed by atoms with E-state index < -0.39 is 0 Å². The van der Waals surface area contributed by atoms with Gasteiger partial charge in [-0.15, -0.1) is 0 Å². The fourth-order valence-corrected chi connectivity index (χ4v) is 2.82. The molecule has 1 aliphatic carbocycles. The molecule has 0 N–H and O–H groups in total. The Kier molecular flexibility index (Phi) is 8.40. The van der Waals surface area contributed by atoms with Gasteiger partial charge in [-0.2, -0.15) is 0 Å². The molecule has 1 aliphatic rings. The second kappa shape index (κ2) is 9.80. The van der Waals surface area contributed by atoms with Crippen LogP contribution in [0.3, 0.4) is 0 Å². The molecule has 0 heterocycles. The number of hydrogen-bond donors (Lipinski definition) is 0. The summed E-state index contributed by atoms with van der Waals surface area (Å²) in [6, 6.07) is 0. The first-order valence-corrected chi connectivity index (χ1v) is 8.43. The highest BCUT2D eigenvalue weighted by Crippen LogP contribution is 2.32. The Morgan fingerprint density at radius 3 is 2.19 bits per heavy atom. The van der Waals surface area contributed by atoms with Crippen LogP contribution in [0, 0.1) is 11.8 Å². The zero-order chi connectivity index (χ0) is 15.7. The quantitative estimate of drug-likeness (QED) is 0.504. The first kappa shape index (κ1) is 18.0. The molecule has 0 aliphatic heterocycles. The molecule has 122 valence electrons. The average molecular weight is 298 g/mol. The van der Waals surface area contributed by atoms with Crippen LogP contribution in [0.1, 0.15) is 72.1 Å². The maximum absolute atomic E-state index is 12.2. The van der Waals surface area contributed by atoms with Crippen LogP contribution in [0.2, 0.25) is 0 Å². The highest BCUT2D eigenvalue weighted by molar-refractivity contribution is 5.82. The lowest BCUT2D eigenvalue weighted by molar-refractivity contribution is -0.165. The molecule has 0 saturated heterocycles. The Morgan fingerprint density at radius 1 is 1.00 bits per heavy atom. The summed E-state index contributed by atoms with van der Waals surface area (Å²) in [7, 11) is 0. The fourth-order valence-electron chi connectivity index (χ4n) is 2.82. The third kappa shape index (κ3) is 6.49. The van der Waals surface area contributed by atoms with Crippen LogP contribution in [0.25, 0.3) is 0 Å². The van der Waals surface area contributed by atoms with Crippen molar-refractivity contribution in [2.75, 3.05) is 6.61 Å². The molecule has 1 rings (SSSR count). The van der Waals surface area contributed by atoms with Gasteiger partial charge in [0, 0.05) is 0 Å². The van der Waals surface area contributed by atoms with Crippen LogP contribution in [0.5, 0.6) is 0 Å². The molecule has 0 bridgehead atoms. The van der Waals surface area contributed by atoms with Gasteiger partial charge in [0.1, 0.15) is 0 Å². The van der Waals surface area contributed by atoms with Crippen molar-refractivity contribution in [1.29, 1.82) is 0 Å². The van der Waals surface area contributed by atoms with Crippen LogP contribution >= 0.6 is 0 Å². The van der Waals surface area contributed by atoms with Crippen LogP contribution in [0.4, 0.5) is 0 Å². The van der Waals surface area contributed by atoms with Crippen molar-refractivity contribution in [1.82, 2.24) is 0 Å². The predicted octanol–water partition coefficient (Wildman–Crippen LogP) is 3.87. The molecule has 1 fully saturated rings. The zero-order valence-corrected chi connectivity index (χ0v) is 13.7. The normalized spacial score (nSPS) is 22.1. The zero-order valence-electron chi connectivity index (χ0n) is 13.7. The van der Waals surface area contributed by atoms with Crippen molar-refractivity contribution in [3.8, 4) is 0 Å². The van der Waals surface area contributed by atoms with E-state index in [1.807, 2.05) is 13.8 Å². The molecule has 4 heteroatoms. The third-order valence-electron chi connectivity index (χ3n) is 3.97. The summed E-state index contributed by atoms with van der Waals surface area (Å²) >= 11 is 0. The van der Waals surface area contributed by atoms with Gasteiger partial charge >= 0.3 is 11.9 Å². The smallest absolute Gasteiger partial charge is 0.310 e. The van der Waals surface area contributed by atoms with Gasteiger partial charge in [-0.25, -0.2) is 0 Å². The van der Waals surface area contributed by atoms with E-state index in [9.17, 15) is 9.59 Å². The fraction of sp³-hybridized carbons (Fsp3) is 0.882. The molecule has 21 heavy (non-hydrogen) atoms. The number of hydrogen-bond acceptors (Lipinski definition) is 4. The topological polar surface area (TPSA) is 52.6 Å². The Hall–Kier alpha value is -1.06. The molecule has 0 aromatic heterocycles. The lowest BCUT2D eigenvalue weighted by atomic mass is 9.79. The minimum Gasteiger partial charge on any atom is -0.465 e. The van der Waals surface area contributed by atoms with Gasteiger partial charge in [-0.3, -0.25) is 9.59 Å². The van der Waals surface area contributed by atoms with Crippen molar-refractivity contribution in [3.05, 3.63) is 0 Å². The van der Waals surface area contributed by atoms with E-state index in [0.29, 0.717) is 6.61 Å². The minimum absolute atomic E-state index is 0.134. The number of carbonyl (C=O) groups is 2. The molecule has 0 radical (unpaired) electrons. The summed E-state index contributed by atoms with van der Waals surface area (Å²) in [5.74, 6) is -1.07. The second-order valence-electron chi connectivity index (χ2n) is 6.21. The van der Waals surface area contributed by atoms with Crippen LogP contribution < -0.4 is 0 Å². The molecule has 0 aromatic carbocycles. The van der Waals surface area contributed by atoms with Crippen LogP contribution in [-0.4, -0.2) is 24.6 Å². The standard InChI is InChI=1S/C17H30O4/c1-4-5-6-9-12-20-16(18)14-10-7-8-11-15(14)17(19)21-13(2)3/h13-15H,4-12H2,1-3H3. The molecule has 2 unspecified atom stereocenters. The number of ether oxygens (including phenoxy) is 2. The van der Waals surface area contributed by atoms with Gasteiger partial charge in [0.15, 0.2) is 0 Å². The van der Waals surface area contributed by atoms with E-state index in [2.05, 4.69) is 6.92 Å². The van der Waals surface area contributed by atoms with Gasteiger partial charge in [0.2, 0.25) is 0 Å². The van der Waals surface area contributed by atoms with Crippen molar-refractivity contribution < 1.29 is 19.1 Å². The average Bonchev–Trinajstić information content (AvgIpc) is 2.46. The summed E-state index contributed by atoms with van der Waals surface area (Å²) in [4.78, 5) is 24.3. The third-order valence-corrected chi connectivity index (χ3v) is 3.97. The number of unbranched alkanes of at least 4 members (excludes halogenated alkanes) is 3. The maximum atomic E-state index is 12.2. The summed E-state index contributed by atoms with van der Waals surface area (Å²) in [6.45, 7) is 6.30. The summed E-state index contributed by atoms with van der Waals surface area (Å²) in [5.41, 5.74) is 0. The molecular formula is C17H30O4. The van der Waals surface area contributed by atoms with E-state index in [4.69, 9.17) is 9.47 Å². The summed E-state index contributed by atoms with van der Waals surface area (Å²) in [6.07, 6.45) is 7.65. The second-order valence-corrected chi connectivity index (χ2v) is 6.21. The van der Waals surface area contributed by atoms with E-state index in [1.165, 1.54) is 12.8 Å². The Labute approximate surface area is 128 Å². The molecule has 2 atom stereocenters. The van der Waals surface area contributed by atoms with Crippen molar-refractivity contribution >= 4 is 11.9 Å². The van der Waals surface area contributed by atoms with E-state index in [1.54, 1.807) is 0 Å². The highest BCUT2D eigenvalue weighted by atomic mass is 16.5. The summed E-state index contributed by atoms with van der Waals surface area (Å²) in [5, 5.41) is 0. The monoisotopic (exact) mass is 298 g/mol. The molecular weight excluding hydrogens is 268 g/mol. The molecule has 0 spiro atoms. The number of carbonyl (C=O) groups excluding carboxylic acids is 2. The van der Waals surface area contributed by atoms with Gasteiger partial charge < -0.3 is 9.47 Å². The van der Waals surface area contributed by atoms with E-state index in [-0.39, 0.29) is 29.9 Å². The Balaban J connectivity index is 2.44. The molecule has 4 nitrogen and oxygen atoms in total. The first-order valence-electron chi connectivity index (χ1n) is 8.43. The summed E-state index contributed by atoms with van der Waals surface area (Å²) < 4.78 is 10.6. The van der Waals surface area contributed by atoms with Crippen molar-refractivity contribution in [2.24, 2.45) is 11.8 Å². The van der Waals surface area contributed by atoms with Gasteiger partial charge in [-0.1, -0.05) is 39.0 Å². The minimum atomic E-state index is -0.315. The van der Waals surface area contributed by atoms with Crippen molar-refractivity contribution in [2.45, 2.75) is 78.2 Å². The van der Waals surface area contributed by atoms with Crippen molar-refractivity contribution in [3.63, 3.8) is 0 Å². The predicted molar refractivity (Wildman–Crippen MR) is 81.8 cm³/mol. The Morgan fingerprint density at radius 2 is 1.62 bits per heavy atom. The molecule has 0 aromatic rings. The maximum Gasteiger partial charge on any atom is 0.310 e. The lowest BCUT2D eigenvalue weighted by Crippen LogP contribution is -2.36. The lowest BCUT2D eigenvalue weighted by Gasteiger charge is -2.28. The van der Waals surface area contributed by atoms with Gasteiger partial charge in [-0.05, 0) is 33.1 Å². The highest BCUT2D eigenvalue weighted by Gasteiger charge is 2.38. The van der Waals surface area contributed by atoms with Gasteiger partial charge in [0.05, 0.1) is 24.5 Å². The van der Waals surface area contributed by atoms with E-state index >= 15 is 0 Å².